The van der Waals surface area contributed by atoms with E-state index in [2.05, 4.69) is 24.1 Å². The Kier molecular flexibility index (Phi) is 2.79. The average Bonchev–Trinajstić information content (AvgIpc) is 2.91. The lowest BCUT2D eigenvalue weighted by molar-refractivity contribution is -0.00886. The van der Waals surface area contributed by atoms with Crippen LogP contribution in [0.25, 0.3) is 0 Å². The fourth-order valence-corrected chi connectivity index (χ4v) is 4.31. The second-order valence-electron chi connectivity index (χ2n) is 7.28. The number of ether oxygens (including phenoxy) is 2. The molecule has 21 heavy (non-hydrogen) atoms. The summed E-state index contributed by atoms with van der Waals surface area (Å²) < 4.78 is 11.2. The largest absolute Gasteiger partial charge is 0.454 e. The van der Waals surface area contributed by atoms with Crippen LogP contribution >= 0.6 is 0 Å². The molecule has 1 aromatic carbocycles. The van der Waals surface area contributed by atoms with Gasteiger partial charge in [0.2, 0.25) is 6.79 Å². The van der Waals surface area contributed by atoms with Crippen LogP contribution in [0.1, 0.15) is 43.7 Å². The number of likely N-dealkylation sites (N-methyl/N-ethyl adjacent to an activating group) is 1. The number of nitrogens with zero attached hydrogens (tertiary/aromatic N) is 1. The van der Waals surface area contributed by atoms with Crippen molar-refractivity contribution in [2.45, 2.75) is 50.2 Å². The van der Waals surface area contributed by atoms with E-state index in [1.165, 1.54) is 11.1 Å². The van der Waals surface area contributed by atoms with E-state index in [4.69, 9.17) is 9.47 Å². The molecule has 0 amide bonds. The monoisotopic (exact) mass is 289 g/mol. The number of hydrogen-bond acceptors (Lipinski definition) is 4. The zero-order chi connectivity index (χ0) is 14.7. The lowest BCUT2D eigenvalue weighted by atomic mass is 9.63. The fraction of sp³-hybridized carbons (Fsp3) is 0.647. The van der Waals surface area contributed by atoms with E-state index in [1.807, 2.05) is 6.92 Å². The van der Waals surface area contributed by atoms with Crippen molar-refractivity contribution in [1.29, 1.82) is 0 Å². The van der Waals surface area contributed by atoms with Crippen LogP contribution in [0.4, 0.5) is 0 Å². The van der Waals surface area contributed by atoms with Crippen LogP contribution in [0.2, 0.25) is 0 Å². The van der Waals surface area contributed by atoms with E-state index in [0.29, 0.717) is 6.79 Å². The van der Waals surface area contributed by atoms with Crippen LogP contribution in [0.3, 0.4) is 0 Å². The van der Waals surface area contributed by atoms with Gasteiger partial charge in [0.1, 0.15) is 0 Å². The minimum atomic E-state index is -0.502. The van der Waals surface area contributed by atoms with Gasteiger partial charge in [-0.15, -0.1) is 0 Å². The summed E-state index contributed by atoms with van der Waals surface area (Å²) in [6.45, 7) is 4.28. The molecule has 2 aliphatic heterocycles. The quantitative estimate of drug-likeness (QED) is 0.796. The van der Waals surface area contributed by atoms with Crippen LogP contribution in [0.15, 0.2) is 12.1 Å². The normalized spacial score (nSPS) is 35.0. The first-order valence-corrected chi connectivity index (χ1v) is 7.82. The predicted octanol–water partition coefficient (Wildman–Crippen LogP) is 2.42. The third-order valence-electron chi connectivity index (χ3n) is 5.50. The van der Waals surface area contributed by atoms with Crippen molar-refractivity contribution in [3.63, 3.8) is 0 Å². The smallest absolute Gasteiger partial charge is 0.231 e. The summed E-state index contributed by atoms with van der Waals surface area (Å²) in [4.78, 5) is 2.38. The molecule has 2 heterocycles. The summed E-state index contributed by atoms with van der Waals surface area (Å²) >= 11 is 0. The zero-order valence-corrected chi connectivity index (χ0v) is 12.8. The Morgan fingerprint density at radius 3 is 2.67 bits per heavy atom. The molecule has 0 atom stereocenters. The molecule has 1 spiro atoms. The van der Waals surface area contributed by atoms with Gasteiger partial charge in [-0.1, -0.05) is 6.07 Å². The van der Waals surface area contributed by atoms with Crippen molar-refractivity contribution in [2.24, 2.45) is 0 Å². The first kappa shape index (κ1) is 13.4. The Balaban J connectivity index is 1.79. The van der Waals surface area contributed by atoms with E-state index >= 15 is 0 Å². The standard InChI is InChI=1S/C17H23NO3/c1-16(19)5-7-17(8-6-16)10-18(2)9-12-13(17)3-4-14-15(12)21-11-20-14/h3-4,19H,5-11H2,1-2H3. The summed E-state index contributed by atoms with van der Waals surface area (Å²) in [5.74, 6) is 1.82. The lowest BCUT2D eigenvalue weighted by Crippen LogP contribution is -2.49. The Labute approximate surface area is 125 Å². The Morgan fingerprint density at radius 2 is 1.90 bits per heavy atom. The van der Waals surface area contributed by atoms with Gasteiger partial charge in [0.15, 0.2) is 11.5 Å². The first-order chi connectivity index (χ1) is 9.99. The molecule has 1 aromatic rings. The number of fused-ring (bicyclic) bond motifs is 4. The molecule has 3 aliphatic rings. The van der Waals surface area contributed by atoms with Crippen LogP contribution in [-0.2, 0) is 12.0 Å². The third-order valence-corrected chi connectivity index (χ3v) is 5.50. The minimum Gasteiger partial charge on any atom is -0.454 e. The lowest BCUT2D eigenvalue weighted by Gasteiger charge is -2.48. The molecular formula is C17H23NO3. The van der Waals surface area contributed by atoms with Gasteiger partial charge >= 0.3 is 0 Å². The molecular weight excluding hydrogens is 266 g/mol. The highest BCUT2D eigenvalue weighted by atomic mass is 16.7. The first-order valence-electron chi connectivity index (χ1n) is 7.82. The van der Waals surface area contributed by atoms with Crippen molar-refractivity contribution >= 4 is 0 Å². The molecule has 0 bridgehead atoms. The number of aliphatic hydroxyl groups is 1. The van der Waals surface area contributed by atoms with Crippen molar-refractivity contribution in [2.75, 3.05) is 20.4 Å². The number of hydrogen-bond donors (Lipinski definition) is 1. The highest BCUT2D eigenvalue weighted by Gasteiger charge is 2.45. The van der Waals surface area contributed by atoms with Gasteiger partial charge in [-0.2, -0.15) is 0 Å². The second-order valence-corrected chi connectivity index (χ2v) is 7.28. The van der Waals surface area contributed by atoms with Crippen LogP contribution in [0, 0.1) is 0 Å². The van der Waals surface area contributed by atoms with E-state index in [0.717, 1.165) is 50.3 Å². The molecule has 4 rings (SSSR count). The predicted molar refractivity (Wildman–Crippen MR) is 79.7 cm³/mol. The van der Waals surface area contributed by atoms with Gasteiger partial charge in [-0.25, -0.2) is 0 Å². The van der Waals surface area contributed by atoms with E-state index in [1.54, 1.807) is 0 Å². The van der Waals surface area contributed by atoms with E-state index < -0.39 is 5.60 Å². The Bertz CT molecular complexity index is 572. The molecule has 0 saturated heterocycles. The summed E-state index contributed by atoms with van der Waals surface area (Å²) in [5, 5.41) is 10.3. The number of benzene rings is 1. The van der Waals surface area contributed by atoms with Gasteiger partial charge in [0.05, 0.1) is 5.60 Å². The molecule has 0 unspecified atom stereocenters. The van der Waals surface area contributed by atoms with Gasteiger partial charge < -0.3 is 19.5 Å². The van der Waals surface area contributed by atoms with Crippen LogP contribution in [0.5, 0.6) is 11.5 Å². The fourth-order valence-electron chi connectivity index (χ4n) is 4.31. The summed E-state index contributed by atoms with van der Waals surface area (Å²) in [5.41, 5.74) is 2.37. The third kappa shape index (κ3) is 2.04. The van der Waals surface area contributed by atoms with Crippen LogP contribution < -0.4 is 9.47 Å². The van der Waals surface area contributed by atoms with Gasteiger partial charge in [0.25, 0.3) is 0 Å². The molecule has 1 saturated carbocycles. The maximum atomic E-state index is 10.3. The minimum absolute atomic E-state index is 0.158. The van der Waals surface area contributed by atoms with Gasteiger partial charge in [-0.05, 0) is 51.3 Å². The van der Waals surface area contributed by atoms with Crippen LogP contribution in [-0.4, -0.2) is 36.0 Å². The maximum Gasteiger partial charge on any atom is 0.231 e. The number of rotatable bonds is 0. The maximum absolute atomic E-state index is 10.3. The molecule has 0 aromatic heterocycles. The summed E-state index contributed by atoms with van der Waals surface area (Å²) in [6.07, 6.45) is 3.82. The van der Waals surface area contributed by atoms with Crippen molar-refractivity contribution < 1.29 is 14.6 Å². The van der Waals surface area contributed by atoms with E-state index in [-0.39, 0.29) is 5.41 Å². The molecule has 4 nitrogen and oxygen atoms in total. The molecule has 1 fully saturated rings. The second kappa shape index (κ2) is 4.37. The van der Waals surface area contributed by atoms with E-state index in [9.17, 15) is 5.11 Å². The molecule has 1 aliphatic carbocycles. The summed E-state index contributed by atoms with van der Waals surface area (Å²) in [7, 11) is 2.17. The van der Waals surface area contributed by atoms with Crippen molar-refractivity contribution in [1.82, 2.24) is 4.90 Å². The highest BCUT2D eigenvalue weighted by Crippen LogP contribution is 2.51. The van der Waals surface area contributed by atoms with Gasteiger partial charge in [-0.3, -0.25) is 0 Å². The Morgan fingerprint density at radius 1 is 1.14 bits per heavy atom. The topological polar surface area (TPSA) is 41.9 Å². The molecule has 1 N–H and O–H groups in total. The van der Waals surface area contributed by atoms with Crippen molar-refractivity contribution in [3.05, 3.63) is 23.3 Å². The molecule has 4 heteroatoms. The van der Waals surface area contributed by atoms with Gasteiger partial charge in [0, 0.05) is 24.1 Å². The molecule has 0 radical (unpaired) electrons. The molecule has 114 valence electrons. The SMILES string of the molecule is CN1Cc2c(ccc3c2OCO3)C2(CCC(C)(O)CC2)C1. The Hall–Kier alpha value is -1.26. The zero-order valence-electron chi connectivity index (χ0n) is 12.8. The summed E-state index contributed by atoms with van der Waals surface area (Å²) in [6, 6.07) is 4.29. The highest BCUT2D eigenvalue weighted by molar-refractivity contribution is 5.55. The van der Waals surface area contributed by atoms with Crippen molar-refractivity contribution in [3.8, 4) is 11.5 Å². The average molecular weight is 289 g/mol.